The molecule has 1 amide bonds. The number of rotatable bonds is 4. The van der Waals surface area contributed by atoms with Crippen LogP contribution in [-0.2, 0) is 26.2 Å². The molecular weight excluding hydrogens is 266 g/mol. The van der Waals surface area contributed by atoms with E-state index in [0.717, 1.165) is 30.6 Å². The second kappa shape index (κ2) is 5.17. The lowest BCUT2D eigenvalue weighted by Crippen LogP contribution is -2.40. The fraction of sp³-hybridized carbons (Fsp3) is 0.529. The minimum absolute atomic E-state index is 0.133. The molecule has 2 heterocycles. The van der Waals surface area contributed by atoms with Gasteiger partial charge in [0.05, 0.1) is 17.7 Å². The lowest BCUT2D eigenvalue weighted by Gasteiger charge is -2.26. The normalized spacial score (nSPS) is 23.1. The average molecular weight is 287 g/mol. The van der Waals surface area contributed by atoms with Gasteiger partial charge in [-0.2, -0.15) is 0 Å². The molecule has 2 aliphatic heterocycles. The summed E-state index contributed by atoms with van der Waals surface area (Å²) in [7, 11) is 0. The highest BCUT2D eigenvalue weighted by molar-refractivity contribution is 6.09. The van der Waals surface area contributed by atoms with Gasteiger partial charge in [0.2, 0.25) is 5.91 Å². The van der Waals surface area contributed by atoms with Crippen LogP contribution in [0, 0.1) is 0 Å². The zero-order valence-corrected chi connectivity index (χ0v) is 12.6. The minimum Gasteiger partial charge on any atom is -0.466 e. The van der Waals surface area contributed by atoms with Crippen LogP contribution in [0.5, 0.6) is 0 Å². The number of amides is 1. The van der Waals surface area contributed by atoms with Crippen LogP contribution in [0.15, 0.2) is 18.2 Å². The molecule has 0 fully saturated rings. The summed E-state index contributed by atoms with van der Waals surface area (Å²) in [6.07, 6.45) is 2.84. The molecule has 0 radical (unpaired) electrons. The second-order valence-electron chi connectivity index (χ2n) is 6.01. The van der Waals surface area contributed by atoms with Crippen molar-refractivity contribution in [1.29, 1.82) is 0 Å². The molecule has 0 N–H and O–H groups in total. The van der Waals surface area contributed by atoms with Crippen molar-refractivity contribution in [3.63, 3.8) is 0 Å². The van der Waals surface area contributed by atoms with Gasteiger partial charge >= 0.3 is 5.97 Å². The van der Waals surface area contributed by atoms with Crippen LogP contribution in [0.4, 0.5) is 5.69 Å². The Morgan fingerprint density at radius 2 is 2.24 bits per heavy atom. The molecule has 21 heavy (non-hydrogen) atoms. The number of ether oxygens (including phenoxy) is 1. The number of benzene rings is 1. The number of nitrogens with zero attached hydrogens (tertiary/aromatic N) is 1. The monoisotopic (exact) mass is 287 g/mol. The number of carbonyl (C=O) groups excluding carboxylic acids is 2. The molecule has 1 unspecified atom stereocenters. The maximum atomic E-state index is 12.8. The van der Waals surface area contributed by atoms with Crippen LogP contribution in [0.25, 0.3) is 0 Å². The standard InChI is InChI=1S/C17H21NO3/c1-3-21-14(19)9-10-17(2)13-8-4-6-12-7-5-11-18(15(12)13)16(17)20/h4,6,8H,3,5,7,9-11H2,1-2H3. The van der Waals surface area contributed by atoms with E-state index in [2.05, 4.69) is 6.07 Å². The molecule has 112 valence electrons. The molecule has 3 rings (SSSR count). The van der Waals surface area contributed by atoms with Gasteiger partial charge in [0.15, 0.2) is 0 Å². The van der Waals surface area contributed by atoms with E-state index in [1.165, 1.54) is 5.56 Å². The first-order valence-electron chi connectivity index (χ1n) is 7.68. The van der Waals surface area contributed by atoms with Crippen molar-refractivity contribution < 1.29 is 14.3 Å². The Balaban J connectivity index is 1.92. The van der Waals surface area contributed by atoms with E-state index in [4.69, 9.17) is 4.74 Å². The van der Waals surface area contributed by atoms with Gasteiger partial charge in [-0.15, -0.1) is 0 Å². The summed E-state index contributed by atoms with van der Waals surface area (Å²) in [6, 6.07) is 6.17. The molecule has 1 atom stereocenters. The number of esters is 1. The highest BCUT2D eigenvalue weighted by Gasteiger charge is 2.48. The van der Waals surface area contributed by atoms with E-state index in [1.807, 2.05) is 24.0 Å². The molecule has 1 aromatic rings. The Hall–Kier alpha value is -1.84. The maximum absolute atomic E-state index is 12.8. The largest absolute Gasteiger partial charge is 0.466 e. The molecule has 0 aromatic heterocycles. The zero-order valence-electron chi connectivity index (χ0n) is 12.6. The van der Waals surface area contributed by atoms with Crippen LogP contribution in [0.1, 0.15) is 44.2 Å². The van der Waals surface area contributed by atoms with E-state index in [9.17, 15) is 9.59 Å². The third-order valence-corrected chi connectivity index (χ3v) is 4.66. The van der Waals surface area contributed by atoms with Crippen molar-refractivity contribution in [2.75, 3.05) is 18.1 Å². The number of para-hydroxylation sites is 1. The second-order valence-corrected chi connectivity index (χ2v) is 6.01. The van der Waals surface area contributed by atoms with Gasteiger partial charge in [0.25, 0.3) is 0 Å². The summed E-state index contributed by atoms with van der Waals surface area (Å²) in [6.45, 7) is 4.93. The number of aryl methyl sites for hydroxylation is 1. The van der Waals surface area contributed by atoms with E-state index in [-0.39, 0.29) is 18.3 Å². The van der Waals surface area contributed by atoms with E-state index >= 15 is 0 Å². The van der Waals surface area contributed by atoms with Crippen LogP contribution in [-0.4, -0.2) is 25.0 Å². The molecule has 4 nitrogen and oxygen atoms in total. The molecule has 0 spiro atoms. The smallest absolute Gasteiger partial charge is 0.305 e. The number of hydrogen-bond acceptors (Lipinski definition) is 3. The Bertz CT molecular complexity index is 596. The third kappa shape index (κ3) is 2.13. The fourth-order valence-electron chi connectivity index (χ4n) is 3.54. The minimum atomic E-state index is -0.595. The van der Waals surface area contributed by atoms with Gasteiger partial charge < -0.3 is 9.64 Å². The highest BCUT2D eigenvalue weighted by Crippen LogP contribution is 2.48. The van der Waals surface area contributed by atoms with Crippen molar-refractivity contribution >= 4 is 17.6 Å². The molecule has 0 saturated carbocycles. The van der Waals surface area contributed by atoms with Gasteiger partial charge in [0.1, 0.15) is 0 Å². The quantitative estimate of drug-likeness (QED) is 0.800. The zero-order chi connectivity index (χ0) is 15.0. The summed E-state index contributed by atoms with van der Waals surface area (Å²) < 4.78 is 5.00. The average Bonchev–Trinajstić information content (AvgIpc) is 2.71. The highest BCUT2D eigenvalue weighted by atomic mass is 16.5. The van der Waals surface area contributed by atoms with E-state index < -0.39 is 5.41 Å². The van der Waals surface area contributed by atoms with Crippen molar-refractivity contribution in [3.8, 4) is 0 Å². The van der Waals surface area contributed by atoms with Crippen LogP contribution in [0.3, 0.4) is 0 Å². The van der Waals surface area contributed by atoms with Crippen molar-refractivity contribution in [2.24, 2.45) is 0 Å². The van der Waals surface area contributed by atoms with Crippen molar-refractivity contribution in [3.05, 3.63) is 29.3 Å². The Kier molecular flexibility index (Phi) is 3.47. The molecule has 1 aromatic carbocycles. The first-order valence-corrected chi connectivity index (χ1v) is 7.68. The summed E-state index contributed by atoms with van der Waals surface area (Å²) in [5.74, 6) is -0.0912. The fourth-order valence-corrected chi connectivity index (χ4v) is 3.54. The molecule has 2 aliphatic rings. The first-order chi connectivity index (χ1) is 10.1. The predicted molar refractivity (Wildman–Crippen MR) is 80.3 cm³/mol. The topological polar surface area (TPSA) is 46.6 Å². The Morgan fingerprint density at radius 3 is 3.00 bits per heavy atom. The maximum Gasteiger partial charge on any atom is 0.305 e. The van der Waals surface area contributed by atoms with Gasteiger partial charge in [-0.1, -0.05) is 18.2 Å². The van der Waals surface area contributed by atoms with E-state index in [0.29, 0.717) is 13.0 Å². The van der Waals surface area contributed by atoms with E-state index in [1.54, 1.807) is 6.92 Å². The summed E-state index contributed by atoms with van der Waals surface area (Å²) in [5, 5.41) is 0. The van der Waals surface area contributed by atoms with Gasteiger partial charge in [-0.3, -0.25) is 9.59 Å². The predicted octanol–water partition coefficient (Wildman–Crippen LogP) is 2.58. The van der Waals surface area contributed by atoms with Gasteiger partial charge in [-0.05, 0) is 44.2 Å². The molecule has 0 saturated heterocycles. The summed E-state index contributed by atoms with van der Waals surface area (Å²) >= 11 is 0. The molecule has 0 aliphatic carbocycles. The lowest BCUT2D eigenvalue weighted by molar-refractivity contribution is -0.143. The molecule has 4 heteroatoms. The lowest BCUT2D eigenvalue weighted by atomic mass is 9.79. The number of carbonyl (C=O) groups is 2. The summed E-state index contributed by atoms with van der Waals surface area (Å²) in [4.78, 5) is 26.4. The van der Waals surface area contributed by atoms with Crippen molar-refractivity contribution in [2.45, 2.75) is 44.9 Å². The van der Waals surface area contributed by atoms with Crippen molar-refractivity contribution in [1.82, 2.24) is 0 Å². The van der Waals surface area contributed by atoms with Gasteiger partial charge in [-0.25, -0.2) is 0 Å². The van der Waals surface area contributed by atoms with Crippen LogP contribution < -0.4 is 4.90 Å². The Morgan fingerprint density at radius 1 is 1.43 bits per heavy atom. The van der Waals surface area contributed by atoms with Gasteiger partial charge in [0, 0.05) is 13.0 Å². The van der Waals surface area contributed by atoms with Crippen LogP contribution >= 0.6 is 0 Å². The first kappa shape index (κ1) is 14.1. The third-order valence-electron chi connectivity index (χ3n) is 4.66. The Labute approximate surface area is 125 Å². The number of hydrogen-bond donors (Lipinski definition) is 0. The molecular formula is C17H21NO3. The SMILES string of the molecule is CCOC(=O)CCC1(C)C(=O)N2CCCc3cccc1c32. The summed E-state index contributed by atoms with van der Waals surface area (Å²) in [5.41, 5.74) is 2.84. The molecule has 0 bridgehead atoms. The number of anilines is 1. The van der Waals surface area contributed by atoms with Crippen LogP contribution in [0.2, 0.25) is 0 Å².